The van der Waals surface area contributed by atoms with Gasteiger partial charge in [0.15, 0.2) is 5.96 Å². The third-order valence-corrected chi connectivity index (χ3v) is 6.99. The Balaban J connectivity index is 0.00000300. The summed E-state index contributed by atoms with van der Waals surface area (Å²) in [7, 11) is 0. The quantitative estimate of drug-likeness (QED) is 0.208. The summed E-state index contributed by atoms with van der Waals surface area (Å²) in [6.07, 6.45) is 9.96. The summed E-state index contributed by atoms with van der Waals surface area (Å²) in [5, 5.41) is 9.11. The number of guanidine groups is 1. The molecule has 0 aromatic carbocycles. The van der Waals surface area contributed by atoms with Gasteiger partial charge in [0.25, 0.3) is 0 Å². The molecule has 0 unspecified atom stereocenters. The van der Waals surface area contributed by atoms with E-state index in [0.717, 1.165) is 64.7 Å². The summed E-state index contributed by atoms with van der Waals surface area (Å²) in [5.74, 6) is 0.940. The average molecular weight is 536 g/mol. The number of halogens is 1. The average Bonchev–Trinajstić information content (AvgIpc) is 3.29. The number of ether oxygens (including phenoxy) is 2. The molecule has 0 amide bonds. The predicted molar refractivity (Wildman–Crippen MR) is 133 cm³/mol. The number of aliphatic imine (C=N–C) groups is 1. The Kier molecular flexibility index (Phi) is 11.9. The molecule has 2 heterocycles. The van der Waals surface area contributed by atoms with Gasteiger partial charge in [-0.15, -0.1) is 35.3 Å². The first-order valence-electron chi connectivity index (χ1n) is 11.1. The van der Waals surface area contributed by atoms with Crippen LogP contribution in [0.25, 0.3) is 0 Å². The van der Waals surface area contributed by atoms with Crippen LogP contribution in [0, 0.1) is 0 Å². The highest BCUT2D eigenvalue weighted by atomic mass is 127. The lowest BCUT2D eigenvalue weighted by atomic mass is 9.73. The van der Waals surface area contributed by atoms with Crippen molar-refractivity contribution in [1.82, 2.24) is 10.6 Å². The van der Waals surface area contributed by atoms with Crippen LogP contribution in [0.4, 0.5) is 0 Å². The predicted octanol–water partition coefficient (Wildman–Crippen LogP) is 4.71. The first-order chi connectivity index (χ1) is 13.8. The fourth-order valence-corrected chi connectivity index (χ4v) is 5.21. The number of thiophene rings is 1. The maximum absolute atomic E-state index is 5.97. The van der Waals surface area contributed by atoms with E-state index in [4.69, 9.17) is 14.5 Å². The van der Waals surface area contributed by atoms with Crippen LogP contribution in [0.1, 0.15) is 63.2 Å². The molecule has 1 saturated heterocycles. The fourth-order valence-electron chi connectivity index (χ4n) is 4.24. The van der Waals surface area contributed by atoms with Crippen molar-refractivity contribution in [3.8, 4) is 0 Å². The van der Waals surface area contributed by atoms with Gasteiger partial charge in [0.05, 0.1) is 12.6 Å². The van der Waals surface area contributed by atoms with E-state index in [1.807, 2.05) is 11.3 Å². The van der Waals surface area contributed by atoms with Crippen molar-refractivity contribution in [3.63, 3.8) is 0 Å². The molecule has 29 heavy (non-hydrogen) atoms. The van der Waals surface area contributed by atoms with E-state index in [9.17, 15) is 0 Å². The molecule has 3 rings (SSSR count). The highest BCUT2D eigenvalue weighted by Crippen LogP contribution is 2.41. The molecule has 1 aromatic rings. The second-order valence-electron chi connectivity index (χ2n) is 7.98. The van der Waals surface area contributed by atoms with Gasteiger partial charge in [-0.05, 0) is 50.5 Å². The van der Waals surface area contributed by atoms with Crippen LogP contribution in [-0.2, 0) is 14.9 Å². The van der Waals surface area contributed by atoms with Crippen molar-refractivity contribution in [2.45, 2.75) is 69.8 Å². The molecule has 5 nitrogen and oxygen atoms in total. The number of hydrogen-bond acceptors (Lipinski definition) is 4. The van der Waals surface area contributed by atoms with Gasteiger partial charge in [0.2, 0.25) is 0 Å². The minimum atomic E-state index is 0. The SMILES string of the molecule is CCNC(=NCC1(c2cccs2)CCCCC1)NCCCOC1CCOCC1.I. The molecule has 2 N–H and O–H groups in total. The van der Waals surface area contributed by atoms with Gasteiger partial charge in [-0.25, -0.2) is 0 Å². The summed E-state index contributed by atoms with van der Waals surface area (Å²) in [6, 6.07) is 4.49. The Hall–Kier alpha value is -0.380. The minimum Gasteiger partial charge on any atom is -0.381 e. The maximum atomic E-state index is 5.97. The maximum Gasteiger partial charge on any atom is 0.191 e. The van der Waals surface area contributed by atoms with Gasteiger partial charge in [0, 0.05) is 43.2 Å². The van der Waals surface area contributed by atoms with Crippen molar-refractivity contribution in [1.29, 1.82) is 0 Å². The number of hydrogen-bond donors (Lipinski definition) is 2. The standard InChI is InChI=1S/C22H37N3O2S.HI/c1-2-23-21(24-13-7-14-27-19-9-15-26-16-10-19)25-18-22(11-4-3-5-12-22)20-8-6-17-28-20;/h6,8,17,19H,2-5,7,9-16,18H2,1H3,(H2,23,24,25);1H. The topological polar surface area (TPSA) is 54.9 Å². The van der Waals surface area contributed by atoms with E-state index >= 15 is 0 Å². The zero-order chi connectivity index (χ0) is 19.5. The van der Waals surface area contributed by atoms with Crippen LogP contribution in [0.15, 0.2) is 22.5 Å². The van der Waals surface area contributed by atoms with Crippen LogP contribution in [-0.4, -0.2) is 51.5 Å². The summed E-state index contributed by atoms with van der Waals surface area (Å²) in [5.41, 5.74) is 0.237. The van der Waals surface area contributed by atoms with Crippen molar-refractivity contribution >= 4 is 41.3 Å². The Labute approximate surface area is 197 Å². The van der Waals surface area contributed by atoms with Crippen LogP contribution in [0.5, 0.6) is 0 Å². The van der Waals surface area contributed by atoms with Crippen LogP contribution < -0.4 is 10.6 Å². The molecule has 1 aliphatic heterocycles. The Morgan fingerprint density at radius 2 is 2.03 bits per heavy atom. The van der Waals surface area contributed by atoms with Crippen molar-refractivity contribution in [2.24, 2.45) is 4.99 Å². The van der Waals surface area contributed by atoms with Crippen LogP contribution >= 0.6 is 35.3 Å². The molecule has 7 heteroatoms. The van der Waals surface area contributed by atoms with E-state index in [0.29, 0.717) is 6.10 Å². The summed E-state index contributed by atoms with van der Waals surface area (Å²) >= 11 is 1.90. The van der Waals surface area contributed by atoms with Crippen LogP contribution in [0.2, 0.25) is 0 Å². The Morgan fingerprint density at radius 1 is 1.24 bits per heavy atom. The molecule has 0 atom stereocenters. The monoisotopic (exact) mass is 535 g/mol. The molecular weight excluding hydrogens is 497 g/mol. The molecule has 1 saturated carbocycles. The first kappa shape index (κ1) is 24.9. The van der Waals surface area contributed by atoms with E-state index in [2.05, 4.69) is 35.1 Å². The van der Waals surface area contributed by atoms with E-state index in [1.165, 1.54) is 37.0 Å². The molecule has 1 aliphatic carbocycles. The molecule has 0 spiro atoms. The number of nitrogens with one attached hydrogen (secondary N) is 2. The zero-order valence-corrected chi connectivity index (χ0v) is 20.9. The van der Waals surface area contributed by atoms with Gasteiger partial charge in [-0.1, -0.05) is 25.3 Å². The largest absolute Gasteiger partial charge is 0.381 e. The lowest BCUT2D eigenvalue weighted by Crippen LogP contribution is -2.40. The Morgan fingerprint density at radius 3 is 2.72 bits per heavy atom. The smallest absolute Gasteiger partial charge is 0.191 e. The molecular formula is C22H38IN3O2S. The van der Waals surface area contributed by atoms with Gasteiger partial charge in [-0.3, -0.25) is 4.99 Å². The highest BCUT2D eigenvalue weighted by molar-refractivity contribution is 14.0. The van der Waals surface area contributed by atoms with Gasteiger partial charge >= 0.3 is 0 Å². The third-order valence-electron chi connectivity index (χ3n) is 5.87. The second kappa shape index (κ2) is 13.8. The van der Waals surface area contributed by atoms with Crippen molar-refractivity contribution in [3.05, 3.63) is 22.4 Å². The van der Waals surface area contributed by atoms with Gasteiger partial charge in [0.1, 0.15) is 0 Å². The molecule has 0 radical (unpaired) electrons. The van der Waals surface area contributed by atoms with E-state index in [1.54, 1.807) is 0 Å². The summed E-state index contributed by atoms with van der Waals surface area (Å²) in [4.78, 5) is 6.51. The second-order valence-corrected chi connectivity index (χ2v) is 8.92. The molecule has 1 aromatic heterocycles. The minimum absolute atomic E-state index is 0. The van der Waals surface area contributed by atoms with Crippen LogP contribution in [0.3, 0.4) is 0 Å². The fraction of sp³-hybridized carbons (Fsp3) is 0.773. The third kappa shape index (κ3) is 7.99. The molecule has 2 aliphatic rings. The molecule has 166 valence electrons. The van der Waals surface area contributed by atoms with Gasteiger partial charge in [-0.2, -0.15) is 0 Å². The van der Waals surface area contributed by atoms with Crippen molar-refractivity contribution < 1.29 is 9.47 Å². The molecule has 2 fully saturated rings. The van der Waals surface area contributed by atoms with Gasteiger partial charge < -0.3 is 20.1 Å². The number of nitrogens with zero attached hydrogens (tertiary/aromatic N) is 1. The zero-order valence-electron chi connectivity index (χ0n) is 17.8. The molecule has 0 bridgehead atoms. The highest BCUT2D eigenvalue weighted by Gasteiger charge is 2.34. The van der Waals surface area contributed by atoms with E-state index < -0.39 is 0 Å². The Bertz CT molecular complexity index is 571. The lowest BCUT2D eigenvalue weighted by molar-refractivity contribution is -0.0320. The number of rotatable bonds is 9. The first-order valence-corrected chi connectivity index (χ1v) is 12.0. The summed E-state index contributed by atoms with van der Waals surface area (Å²) in [6.45, 7) is 7.26. The summed E-state index contributed by atoms with van der Waals surface area (Å²) < 4.78 is 11.3. The van der Waals surface area contributed by atoms with E-state index in [-0.39, 0.29) is 29.4 Å². The normalized spacial score (nSPS) is 20.1. The lowest BCUT2D eigenvalue weighted by Gasteiger charge is -2.35. The van der Waals surface area contributed by atoms with Crippen molar-refractivity contribution in [2.75, 3.05) is 39.5 Å².